The van der Waals surface area contributed by atoms with Gasteiger partial charge >= 0.3 is 0 Å². The van der Waals surface area contributed by atoms with Crippen LogP contribution in [0.15, 0.2) is 6.07 Å². The van der Waals surface area contributed by atoms with Crippen molar-refractivity contribution in [1.82, 2.24) is 9.97 Å². The largest absolute Gasteiger partial charge is 0.392 e. The van der Waals surface area contributed by atoms with Crippen LogP contribution in [0.2, 0.25) is 0 Å². The molecule has 2 N–H and O–H groups in total. The minimum absolute atomic E-state index is 0.390. The fourth-order valence-electron chi connectivity index (χ4n) is 1.55. The SMILES string of the molecule is CCOCc1nc(NC)cc(N(C)CC(C)O)n1. The molecule has 0 bridgehead atoms. The minimum atomic E-state index is -0.404. The molecule has 1 aromatic rings. The molecule has 18 heavy (non-hydrogen) atoms. The molecule has 0 aliphatic rings. The van der Waals surface area contributed by atoms with Crippen LogP contribution in [0.25, 0.3) is 0 Å². The quantitative estimate of drug-likeness (QED) is 0.752. The molecule has 6 heteroatoms. The highest BCUT2D eigenvalue weighted by molar-refractivity contribution is 5.48. The van der Waals surface area contributed by atoms with Crippen molar-refractivity contribution in [3.8, 4) is 0 Å². The maximum atomic E-state index is 9.40. The van der Waals surface area contributed by atoms with E-state index in [0.29, 0.717) is 25.6 Å². The second-order valence-electron chi connectivity index (χ2n) is 4.14. The van der Waals surface area contributed by atoms with E-state index < -0.39 is 6.10 Å². The lowest BCUT2D eigenvalue weighted by Gasteiger charge is -2.20. The van der Waals surface area contributed by atoms with Crippen LogP contribution in [0.5, 0.6) is 0 Å². The number of likely N-dealkylation sites (N-methyl/N-ethyl adjacent to an activating group) is 1. The van der Waals surface area contributed by atoms with Crippen molar-refractivity contribution < 1.29 is 9.84 Å². The molecule has 0 radical (unpaired) electrons. The molecule has 1 heterocycles. The number of nitrogens with one attached hydrogen (secondary N) is 1. The van der Waals surface area contributed by atoms with Crippen LogP contribution in [0, 0.1) is 0 Å². The molecular formula is C12H22N4O2. The first-order valence-corrected chi connectivity index (χ1v) is 6.09. The number of anilines is 2. The Morgan fingerprint density at radius 1 is 1.50 bits per heavy atom. The first-order valence-electron chi connectivity index (χ1n) is 6.09. The van der Waals surface area contributed by atoms with E-state index in [4.69, 9.17) is 4.74 Å². The standard InChI is InChI=1S/C12H22N4O2/c1-5-18-8-11-14-10(13-3)6-12(15-11)16(4)7-9(2)17/h6,9,17H,5,7-8H2,1-4H3,(H,13,14,15). The van der Waals surface area contributed by atoms with Gasteiger partial charge in [-0.05, 0) is 13.8 Å². The van der Waals surface area contributed by atoms with E-state index in [2.05, 4.69) is 15.3 Å². The summed E-state index contributed by atoms with van der Waals surface area (Å²) < 4.78 is 5.31. The van der Waals surface area contributed by atoms with E-state index in [1.807, 2.05) is 32.0 Å². The van der Waals surface area contributed by atoms with Gasteiger partial charge in [-0.25, -0.2) is 9.97 Å². The molecule has 1 atom stereocenters. The Balaban J connectivity index is 2.88. The lowest BCUT2D eigenvalue weighted by atomic mass is 10.3. The Bertz CT molecular complexity index is 371. The van der Waals surface area contributed by atoms with Gasteiger partial charge in [-0.15, -0.1) is 0 Å². The van der Waals surface area contributed by atoms with E-state index in [9.17, 15) is 5.11 Å². The van der Waals surface area contributed by atoms with Gasteiger partial charge in [-0.1, -0.05) is 0 Å². The zero-order valence-corrected chi connectivity index (χ0v) is 11.5. The molecule has 102 valence electrons. The fourth-order valence-corrected chi connectivity index (χ4v) is 1.55. The third kappa shape index (κ3) is 4.46. The molecule has 1 unspecified atom stereocenters. The Kier molecular flexibility index (Phi) is 5.80. The van der Waals surface area contributed by atoms with Crippen molar-refractivity contribution in [3.63, 3.8) is 0 Å². The fraction of sp³-hybridized carbons (Fsp3) is 0.667. The van der Waals surface area contributed by atoms with Crippen molar-refractivity contribution in [1.29, 1.82) is 0 Å². The van der Waals surface area contributed by atoms with Crippen LogP contribution < -0.4 is 10.2 Å². The zero-order valence-electron chi connectivity index (χ0n) is 11.5. The van der Waals surface area contributed by atoms with E-state index in [0.717, 1.165) is 11.6 Å². The van der Waals surface area contributed by atoms with Gasteiger partial charge in [0.15, 0.2) is 5.82 Å². The molecule has 0 aliphatic carbocycles. The average Bonchev–Trinajstić information content (AvgIpc) is 2.35. The maximum absolute atomic E-state index is 9.40. The van der Waals surface area contributed by atoms with Crippen molar-refractivity contribution in [3.05, 3.63) is 11.9 Å². The van der Waals surface area contributed by atoms with Gasteiger partial charge in [-0.3, -0.25) is 0 Å². The van der Waals surface area contributed by atoms with Crippen molar-refractivity contribution >= 4 is 11.6 Å². The van der Waals surface area contributed by atoms with Gasteiger partial charge < -0.3 is 20.1 Å². The highest BCUT2D eigenvalue weighted by Gasteiger charge is 2.09. The zero-order chi connectivity index (χ0) is 13.5. The van der Waals surface area contributed by atoms with Crippen molar-refractivity contribution in [2.24, 2.45) is 0 Å². The van der Waals surface area contributed by atoms with Gasteiger partial charge in [-0.2, -0.15) is 0 Å². The second-order valence-corrected chi connectivity index (χ2v) is 4.14. The molecular weight excluding hydrogens is 232 g/mol. The van der Waals surface area contributed by atoms with Crippen LogP contribution in [0.3, 0.4) is 0 Å². The highest BCUT2D eigenvalue weighted by Crippen LogP contribution is 2.15. The molecule has 0 saturated carbocycles. The maximum Gasteiger partial charge on any atom is 0.158 e. The number of aromatic nitrogens is 2. The van der Waals surface area contributed by atoms with E-state index in [1.54, 1.807) is 6.92 Å². The predicted octanol–water partition coefficient (Wildman–Crippen LogP) is 0.872. The summed E-state index contributed by atoms with van der Waals surface area (Å²) >= 11 is 0. The summed E-state index contributed by atoms with van der Waals surface area (Å²) in [6.45, 7) is 5.22. The third-order valence-electron chi connectivity index (χ3n) is 2.38. The Labute approximate surface area is 108 Å². The van der Waals surface area contributed by atoms with E-state index >= 15 is 0 Å². The van der Waals surface area contributed by atoms with E-state index in [-0.39, 0.29) is 0 Å². The molecule has 1 rings (SSSR count). The van der Waals surface area contributed by atoms with Crippen LogP contribution in [-0.4, -0.2) is 48.4 Å². The van der Waals surface area contributed by atoms with Gasteiger partial charge in [0, 0.05) is 33.3 Å². The van der Waals surface area contributed by atoms with Crippen molar-refractivity contribution in [2.45, 2.75) is 26.6 Å². The van der Waals surface area contributed by atoms with Gasteiger partial charge in [0.05, 0.1) is 6.10 Å². The number of nitrogens with zero attached hydrogens (tertiary/aromatic N) is 3. The molecule has 0 fully saturated rings. The van der Waals surface area contributed by atoms with Crippen molar-refractivity contribution in [2.75, 3.05) is 37.5 Å². The lowest BCUT2D eigenvalue weighted by molar-refractivity contribution is 0.128. The number of rotatable bonds is 7. The average molecular weight is 254 g/mol. The lowest BCUT2D eigenvalue weighted by Crippen LogP contribution is -2.28. The smallest absolute Gasteiger partial charge is 0.158 e. The van der Waals surface area contributed by atoms with Crippen LogP contribution in [-0.2, 0) is 11.3 Å². The summed E-state index contributed by atoms with van der Waals surface area (Å²) in [5.74, 6) is 2.15. The van der Waals surface area contributed by atoms with E-state index in [1.165, 1.54) is 0 Å². The van der Waals surface area contributed by atoms with Crippen LogP contribution >= 0.6 is 0 Å². The summed E-state index contributed by atoms with van der Waals surface area (Å²) in [5, 5.41) is 12.4. The number of hydrogen-bond acceptors (Lipinski definition) is 6. The molecule has 0 aromatic carbocycles. The molecule has 0 amide bonds. The van der Waals surface area contributed by atoms with Crippen LogP contribution in [0.4, 0.5) is 11.6 Å². The van der Waals surface area contributed by atoms with Crippen LogP contribution in [0.1, 0.15) is 19.7 Å². The number of aliphatic hydroxyl groups is 1. The van der Waals surface area contributed by atoms with Gasteiger partial charge in [0.2, 0.25) is 0 Å². The number of hydrogen-bond donors (Lipinski definition) is 2. The monoisotopic (exact) mass is 254 g/mol. The molecule has 0 spiro atoms. The second kappa shape index (κ2) is 7.13. The highest BCUT2D eigenvalue weighted by atomic mass is 16.5. The molecule has 6 nitrogen and oxygen atoms in total. The summed E-state index contributed by atoms with van der Waals surface area (Å²) in [7, 11) is 3.70. The third-order valence-corrected chi connectivity index (χ3v) is 2.38. The number of ether oxygens (including phenoxy) is 1. The Morgan fingerprint density at radius 2 is 2.22 bits per heavy atom. The Morgan fingerprint density at radius 3 is 2.78 bits per heavy atom. The summed E-state index contributed by atoms with van der Waals surface area (Å²) in [4.78, 5) is 10.6. The molecule has 1 aromatic heterocycles. The summed E-state index contributed by atoms with van der Waals surface area (Å²) in [6.07, 6.45) is -0.404. The van der Waals surface area contributed by atoms with Gasteiger partial charge in [0.25, 0.3) is 0 Å². The topological polar surface area (TPSA) is 70.5 Å². The normalized spacial score (nSPS) is 12.3. The molecule has 0 aliphatic heterocycles. The first-order chi connectivity index (χ1) is 8.56. The molecule has 0 saturated heterocycles. The summed E-state index contributed by atoms with van der Waals surface area (Å²) in [5.41, 5.74) is 0. The minimum Gasteiger partial charge on any atom is -0.392 e. The number of aliphatic hydroxyl groups excluding tert-OH is 1. The Hall–Kier alpha value is -1.40. The predicted molar refractivity (Wildman–Crippen MR) is 71.9 cm³/mol. The first kappa shape index (κ1) is 14.7. The van der Waals surface area contributed by atoms with Gasteiger partial charge in [0.1, 0.15) is 18.2 Å². The summed E-state index contributed by atoms with van der Waals surface area (Å²) in [6, 6.07) is 1.85.